The molecule has 0 heterocycles. The molecule has 1 aliphatic carbocycles. The van der Waals surface area contributed by atoms with E-state index in [0.29, 0.717) is 5.92 Å². The number of nitrogens with one attached hydrogen (secondary N) is 1. The zero-order chi connectivity index (χ0) is 14.0. The molecule has 106 valence electrons. The van der Waals surface area contributed by atoms with Gasteiger partial charge in [0.2, 0.25) is 10.0 Å². The first kappa shape index (κ1) is 14.4. The van der Waals surface area contributed by atoms with Gasteiger partial charge in [0.15, 0.2) is 0 Å². The van der Waals surface area contributed by atoms with Crippen molar-refractivity contribution >= 4 is 10.0 Å². The van der Waals surface area contributed by atoms with Gasteiger partial charge in [0, 0.05) is 6.04 Å². The Bertz CT molecular complexity index is 559. The first-order valence-electron chi connectivity index (χ1n) is 6.39. The lowest BCUT2D eigenvalue weighted by molar-refractivity contribution is 0.278. The third-order valence-electron chi connectivity index (χ3n) is 3.38. The molecule has 6 heteroatoms. The Morgan fingerprint density at radius 1 is 1.47 bits per heavy atom. The van der Waals surface area contributed by atoms with E-state index in [4.69, 9.17) is 5.11 Å². The highest BCUT2D eigenvalue weighted by Gasteiger charge is 2.39. The van der Waals surface area contributed by atoms with Gasteiger partial charge in [-0.15, -0.1) is 0 Å². The Hall–Kier alpha value is -0.980. The summed E-state index contributed by atoms with van der Waals surface area (Å²) in [5.41, 5.74) is 0.210. The monoisotopic (exact) mass is 287 g/mol. The van der Waals surface area contributed by atoms with E-state index in [1.165, 1.54) is 6.07 Å². The lowest BCUT2D eigenvalue weighted by Crippen LogP contribution is -2.28. The number of halogens is 1. The fourth-order valence-electron chi connectivity index (χ4n) is 2.25. The Labute approximate surface area is 112 Å². The molecule has 19 heavy (non-hydrogen) atoms. The van der Waals surface area contributed by atoms with Crippen molar-refractivity contribution in [3.8, 4) is 0 Å². The van der Waals surface area contributed by atoms with Crippen molar-refractivity contribution in [2.24, 2.45) is 5.92 Å². The SMILES string of the molecule is CCCC1CC1NS(=O)(=O)c1cc(F)ccc1CO. The molecule has 1 aromatic carbocycles. The van der Waals surface area contributed by atoms with Crippen LogP contribution >= 0.6 is 0 Å². The van der Waals surface area contributed by atoms with Gasteiger partial charge in [0.1, 0.15) is 5.82 Å². The van der Waals surface area contributed by atoms with Crippen LogP contribution in [0.2, 0.25) is 0 Å². The fourth-order valence-corrected chi connectivity index (χ4v) is 3.81. The van der Waals surface area contributed by atoms with Crippen LogP contribution in [0, 0.1) is 11.7 Å². The first-order chi connectivity index (χ1) is 8.97. The van der Waals surface area contributed by atoms with E-state index in [0.717, 1.165) is 31.4 Å². The van der Waals surface area contributed by atoms with Crippen LogP contribution in [0.5, 0.6) is 0 Å². The molecule has 2 rings (SSSR count). The van der Waals surface area contributed by atoms with Gasteiger partial charge in [0.25, 0.3) is 0 Å². The van der Waals surface area contributed by atoms with Crippen LogP contribution in [0.1, 0.15) is 31.7 Å². The van der Waals surface area contributed by atoms with Gasteiger partial charge < -0.3 is 5.11 Å². The molecule has 0 spiro atoms. The number of aliphatic hydroxyl groups excluding tert-OH is 1. The second-order valence-electron chi connectivity index (χ2n) is 4.92. The largest absolute Gasteiger partial charge is 0.392 e. The minimum absolute atomic E-state index is 0.0558. The predicted molar refractivity (Wildman–Crippen MR) is 69.4 cm³/mol. The number of hydrogen-bond acceptors (Lipinski definition) is 3. The van der Waals surface area contributed by atoms with Crippen molar-refractivity contribution < 1.29 is 17.9 Å². The highest BCUT2D eigenvalue weighted by molar-refractivity contribution is 7.89. The van der Waals surface area contributed by atoms with E-state index < -0.39 is 22.4 Å². The summed E-state index contributed by atoms with van der Waals surface area (Å²) in [4.78, 5) is -0.169. The molecule has 2 unspecified atom stereocenters. The van der Waals surface area contributed by atoms with Crippen LogP contribution < -0.4 is 4.72 Å². The summed E-state index contributed by atoms with van der Waals surface area (Å²) in [6.45, 7) is 1.62. The molecule has 1 aromatic rings. The summed E-state index contributed by atoms with van der Waals surface area (Å²) in [6, 6.07) is 3.33. The molecule has 1 aliphatic rings. The first-order valence-corrected chi connectivity index (χ1v) is 7.88. The summed E-state index contributed by atoms with van der Waals surface area (Å²) in [5, 5.41) is 9.14. The predicted octanol–water partition coefficient (Wildman–Crippen LogP) is 1.78. The van der Waals surface area contributed by atoms with E-state index in [1.807, 2.05) is 0 Å². The van der Waals surface area contributed by atoms with Crippen LogP contribution in [0.25, 0.3) is 0 Å². The maximum Gasteiger partial charge on any atom is 0.241 e. The summed E-state index contributed by atoms with van der Waals surface area (Å²) in [6.07, 6.45) is 2.84. The molecule has 2 N–H and O–H groups in total. The van der Waals surface area contributed by atoms with Gasteiger partial charge in [-0.05, 0) is 36.5 Å². The highest BCUT2D eigenvalue weighted by atomic mass is 32.2. The van der Waals surface area contributed by atoms with Crippen LogP contribution in [0.4, 0.5) is 4.39 Å². The smallest absolute Gasteiger partial charge is 0.241 e. The van der Waals surface area contributed by atoms with E-state index in [9.17, 15) is 12.8 Å². The number of benzene rings is 1. The van der Waals surface area contributed by atoms with Crippen molar-refractivity contribution in [2.45, 2.75) is 43.7 Å². The Morgan fingerprint density at radius 3 is 2.84 bits per heavy atom. The van der Waals surface area contributed by atoms with Crippen LogP contribution in [-0.4, -0.2) is 19.6 Å². The van der Waals surface area contributed by atoms with Crippen molar-refractivity contribution in [3.05, 3.63) is 29.6 Å². The van der Waals surface area contributed by atoms with Crippen molar-refractivity contribution in [2.75, 3.05) is 0 Å². The molecule has 0 bridgehead atoms. The van der Waals surface area contributed by atoms with Crippen LogP contribution in [-0.2, 0) is 16.6 Å². The summed E-state index contributed by atoms with van der Waals surface area (Å²) in [5.74, 6) is -0.246. The van der Waals surface area contributed by atoms with Crippen molar-refractivity contribution in [1.82, 2.24) is 4.72 Å². The third-order valence-corrected chi connectivity index (χ3v) is 4.95. The Kier molecular flexibility index (Phi) is 4.23. The maximum absolute atomic E-state index is 13.2. The van der Waals surface area contributed by atoms with Crippen molar-refractivity contribution in [3.63, 3.8) is 0 Å². The molecule has 0 aliphatic heterocycles. The minimum Gasteiger partial charge on any atom is -0.392 e. The molecule has 2 atom stereocenters. The highest BCUT2D eigenvalue weighted by Crippen LogP contribution is 2.36. The summed E-state index contributed by atoms with van der Waals surface area (Å²) in [7, 11) is -3.76. The minimum atomic E-state index is -3.76. The molecule has 0 saturated heterocycles. The second-order valence-corrected chi connectivity index (χ2v) is 6.60. The zero-order valence-corrected chi connectivity index (χ0v) is 11.6. The van der Waals surface area contributed by atoms with Gasteiger partial charge in [-0.3, -0.25) is 0 Å². The van der Waals surface area contributed by atoms with Gasteiger partial charge in [-0.2, -0.15) is 0 Å². The van der Waals surface area contributed by atoms with E-state index in [1.54, 1.807) is 0 Å². The second kappa shape index (κ2) is 5.56. The molecule has 1 saturated carbocycles. The van der Waals surface area contributed by atoms with Gasteiger partial charge in [-0.1, -0.05) is 19.4 Å². The van der Waals surface area contributed by atoms with E-state index >= 15 is 0 Å². The molecule has 4 nitrogen and oxygen atoms in total. The lowest BCUT2D eigenvalue weighted by Gasteiger charge is -2.10. The van der Waals surface area contributed by atoms with Gasteiger partial charge in [-0.25, -0.2) is 17.5 Å². The number of hydrogen-bond donors (Lipinski definition) is 2. The molecule has 0 radical (unpaired) electrons. The topological polar surface area (TPSA) is 66.4 Å². The normalized spacial score (nSPS) is 22.5. The number of aliphatic hydroxyl groups is 1. The zero-order valence-electron chi connectivity index (χ0n) is 10.8. The average Bonchev–Trinajstić information content (AvgIpc) is 3.07. The van der Waals surface area contributed by atoms with Crippen LogP contribution in [0.3, 0.4) is 0 Å². The van der Waals surface area contributed by atoms with Crippen molar-refractivity contribution in [1.29, 1.82) is 0 Å². The molecule has 0 amide bonds. The fraction of sp³-hybridized carbons (Fsp3) is 0.538. The summed E-state index contributed by atoms with van der Waals surface area (Å²) < 4.78 is 40.1. The average molecular weight is 287 g/mol. The standard InChI is InChI=1S/C13H18FNO3S/c1-2-3-9-6-12(9)15-19(17,18)13-7-11(14)5-4-10(13)8-16/h4-5,7,9,12,15-16H,2-3,6,8H2,1H3. The Morgan fingerprint density at radius 2 is 2.21 bits per heavy atom. The third kappa shape index (κ3) is 3.32. The quantitative estimate of drug-likeness (QED) is 0.838. The molecule has 0 aromatic heterocycles. The molecule has 1 fully saturated rings. The van der Waals surface area contributed by atoms with Gasteiger partial charge in [0.05, 0.1) is 11.5 Å². The number of sulfonamides is 1. The molecular weight excluding hydrogens is 269 g/mol. The van der Waals surface area contributed by atoms with E-state index in [-0.39, 0.29) is 16.5 Å². The van der Waals surface area contributed by atoms with Gasteiger partial charge >= 0.3 is 0 Å². The number of rotatable bonds is 6. The van der Waals surface area contributed by atoms with E-state index in [2.05, 4.69) is 11.6 Å². The van der Waals surface area contributed by atoms with Crippen LogP contribution in [0.15, 0.2) is 23.1 Å². The molecular formula is C13H18FNO3S. The summed E-state index contributed by atoms with van der Waals surface area (Å²) >= 11 is 0. The Balaban J connectivity index is 2.18. The maximum atomic E-state index is 13.2. The lowest BCUT2D eigenvalue weighted by atomic mass is 10.2.